The van der Waals surface area contributed by atoms with Crippen LogP contribution >= 0.6 is 0 Å². The highest BCUT2D eigenvalue weighted by molar-refractivity contribution is 6.68. The number of hydrogen-bond acceptors (Lipinski definition) is 4. The van der Waals surface area contributed by atoms with E-state index in [2.05, 4.69) is 167 Å². The van der Waals surface area contributed by atoms with Gasteiger partial charge in [0.25, 0.3) is 0 Å². The summed E-state index contributed by atoms with van der Waals surface area (Å²) in [4.78, 5) is 15.2. The second-order valence-electron chi connectivity index (χ2n) is 15.8. The quantitative estimate of drug-likeness (QED) is 0.221. The molecule has 10 rings (SSSR count). The van der Waals surface area contributed by atoms with Gasteiger partial charge in [0.15, 0.2) is 17.5 Å². The molecule has 4 nitrogen and oxygen atoms in total. The van der Waals surface area contributed by atoms with E-state index >= 15 is 0 Å². The van der Waals surface area contributed by atoms with Gasteiger partial charge in [0.2, 0.25) is 0 Å². The number of para-hydroxylation sites is 1. The lowest BCUT2D eigenvalue weighted by Gasteiger charge is -2.20. The van der Waals surface area contributed by atoms with Crippen LogP contribution in [0.15, 0.2) is 174 Å². The smallest absolute Gasteiger partial charge is 0.167 e. The molecule has 8 aromatic carbocycles. The third-order valence-corrected chi connectivity index (χ3v) is 12.4. The summed E-state index contributed by atoms with van der Waals surface area (Å²) in [6, 6.07) is 59.3. The molecule has 0 unspecified atom stereocenters. The van der Waals surface area contributed by atoms with Gasteiger partial charge in [-0.2, -0.15) is 0 Å². The predicted molar refractivity (Wildman–Crippen MR) is 266 cm³/mol. The average molecular weight is 763 g/mol. The molecule has 0 aliphatic rings. The Morgan fingerprint density at radius 1 is 0.317 bits per heavy atom. The van der Waals surface area contributed by atoms with Gasteiger partial charge in [0.05, 0.1) is 5.56 Å². The van der Waals surface area contributed by atoms with Gasteiger partial charge in [-0.25, -0.2) is 15.0 Å². The van der Waals surface area contributed by atoms with E-state index in [9.17, 15) is 0 Å². The van der Waals surface area contributed by atoms with Crippen molar-refractivity contribution in [3.8, 4) is 78.7 Å². The van der Waals surface area contributed by atoms with Crippen molar-refractivity contribution >= 4 is 88.5 Å². The van der Waals surface area contributed by atoms with Gasteiger partial charge in [-0.1, -0.05) is 157 Å². The van der Waals surface area contributed by atoms with Gasteiger partial charge >= 0.3 is 0 Å². The Bertz CT molecular complexity index is 3210. The van der Waals surface area contributed by atoms with Crippen molar-refractivity contribution in [1.29, 1.82) is 0 Å². The maximum Gasteiger partial charge on any atom is 0.167 e. The van der Waals surface area contributed by atoms with Gasteiger partial charge in [-0.3, -0.25) is 0 Å². The molecule has 278 valence electrons. The Hall–Kier alpha value is -7.11. The van der Waals surface area contributed by atoms with Crippen LogP contribution in [-0.2, 0) is 0 Å². The van der Waals surface area contributed by atoms with E-state index in [1.165, 1.54) is 49.6 Å². The molecule has 2 aromatic heterocycles. The molecular formula is C51H38B5N3O. The van der Waals surface area contributed by atoms with Crippen LogP contribution in [-0.4, -0.2) is 54.2 Å². The number of aromatic nitrogens is 3. The molecule has 10 aromatic rings. The molecule has 0 saturated carbocycles. The minimum atomic E-state index is 0.562. The zero-order valence-corrected chi connectivity index (χ0v) is 34.4. The minimum Gasteiger partial charge on any atom is -0.455 e. The molecule has 0 atom stereocenters. The van der Waals surface area contributed by atoms with Gasteiger partial charge in [-0.05, 0) is 68.8 Å². The second-order valence-corrected chi connectivity index (χ2v) is 15.8. The lowest BCUT2D eigenvalue weighted by Crippen LogP contribution is -2.55. The minimum absolute atomic E-state index is 0.562. The third-order valence-electron chi connectivity index (χ3n) is 12.4. The normalized spacial score (nSPS) is 11.3. The van der Waals surface area contributed by atoms with Crippen LogP contribution < -0.4 is 27.3 Å². The van der Waals surface area contributed by atoms with Crippen molar-refractivity contribution in [3.05, 3.63) is 170 Å². The standard InChI is InChI=1S/C51H38B5N3O/c52-43-42(44(53)46(55)47(56)45(43)54)33-23-21-31(22-24-33)30-17-19-32(20-18-30)36-25-26-38-39-15-8-16-40(48(39)60-41(38)28-36)51-58-49(34-11-5-2-6-12-34)57-50(59-51)37-14-7-13-35(27-37)29-9-3-1-4-10-29/h1-28H,52-56H2. The third kappa shape index (κ3) is 6.66. The number of nitrogens with zero attached hydrogens (tertiary/aromatic N) is 3. The van der Waals surface area contributed by atoms with E-state index in [0.29, 0.717) is 17.5 Å². The summed E-state index contributed by atoms with van der Waals surface area (Å²) < 4.78 is 6.75. The Labute approximate surface area is 354 Å². The van der Waals surface area contributed by atoms with Crippen LogP contribution in [0.3, 0.4) is 0 Å². The van der Waals surface area contributed by atoms with Crippen molar-refractivity contribution in [2.45, 2.75) is 0 Å². The first-order valence-corrected chi connectivity index (χ1v) is 20.5. The Balaban J connectivity index is 0.992. The fraction of sp³-hybridized carbons (Fsp3) is 0. The van der Waals surface area contributed by atoms with Crippen molar-refractivity contribution in [1.82, 2.24) is 15.0 Å². The molecule has 9 heteroatoms. The molecule has 0 aliphatic carbocycles. The number of rotatable bonds is 7. The molecule has 0 bridgehead atoms. The zero-order valence-electron chi connectivity index (χ0n) is 34.4. The van der Waals surface area contributed by atoms with Gasteiger partial charge in [0, 0.05) is 21.9 Å². The molecule has 2 heterocycles. The molecule has 0 spiro atoms. The highest BCUT2D eigenvalue weighted by atomic mass is 16.3. The maximum absolute atomic E-state index is 6.75. The molecule has 0 aliphatic heterocycles. The van der Waals surface area contributed by atoms with E-state index in [-0.39, 0.29) is 0 Å². The summed E-state index contributed by atoms with van der Waals surface area (Å²) >= 11 is 0. The fourth-order valence-electron chi connectivity index (χ4n) is 8.58. The summed E-state index contributed by atoms with van der Waals surface area (Å²) in [6.07, 6.45) is 0. The predicted octanol–water partition coefficient (Wildman–Crippen LogP) is 4.73. The molecule has 60 heavy (non-hydrogen) atoms. The van der Waals surface area contributed by atoms with Crippen molar-refractivity contribution < 1.29 is 4.42 Å². The largest absolute Gasteiger partial charge is 0.455 e. The fourth-order valence-corrected chi connectivity index (χ4v) is 8.58. The van der Waals surface area contributed by atoms with Crippen molar-refractivity contribution in [3.63, 3.8) is 0 Å². The highest BCUT2D eigenvalue weighted by Gasteiger charge is 2.19. The lowest BCUT2D eigenvalue weighted by molar-refractivity contribution is 0.669. The van der Waals surface area contributed by atoms with E-state index in [4.69, 9.17) is 19.4 Å². The molecular weight excluding hydrogens is 725 g/mol. The second kappa shape index (κ2) is 15.2. The average Bonchev–Trinajstić information content (AvgIpc) is 3.69. The Morgan fingerprint density at radius 3 is 1.42 bits per heavy atom. The van der Waals surface area contributed by atoms with E-state index in [0.717, 1.165) is 60.9 Å². The van der Waals surface area contributed by atoms with Crippen LogP contribution in [0.2, 0.25) is 0 Å². The molecule has 0 amide bonds. The number of hydrogen-bond donors (Lipinski definition) is 0. The molecule has 0 N–H and O–H groups in total. The Morgan fingerprint density at radius 2 is 0.767 bits per heavy atom. The van der Waals surface area contributed by atoms with Gasteiger partial charge in [-0.15, -0.1) is 16.4 Å². The number of fused-ring (bicyclic) bond motifs is 3. The summed E-state index contributed by atoms with van der Waals surface area (Å²) in [5.41, 5.74) is 20.5. The van der Waals surface area contributed by atoms with Crippen molar-refractivity contribution in [2.24, 2.45) is 0 Å². The lowest BCUT2D eigenvalue weighted by atomic mass is 9.59. The summed E-state index contributed by atoms with van der Waals surface area (Å²) in [5.74, 6) is 1.78. The van der Waals surface area contributed by atoms with Crippen LogP contribution in [0.4, 0.5) is 0 Å². The maximum atomic E-state index is 6.75. The Kier molecular flexibility index (Phi) is 9.45. The SMILES string of the molecule is Bc1c(B)c(B)c(-c2ccc(-c3ccc(-c4ccc5c(c4)oc4c(-c6nc(-c7ccccc7)nc(-c7cccc(-c8ccccc8)c7)n6)cccc45)cc3)cc2)c(B)c1B. The summed E-state index contributed by atoms with van der Waals surface area (Å²) in [5, 5.41) is 2.06. The first-order valence-electron chi connectivity index (χ1n) is 20.5. The highest BCUT2D eigenvalue weighted by Crippen LogP contribution is 2.38. The summed E-state index contributed by atoms with van der Waals surface area (Å²) in [7, 11) is 11.2. The van der Waals surface area contributed by atoms with Crippen LogP contribution in [0.5, 0.6) is 0 Å². The molecule has 0 fully saturated rings. The van der Waals surface area contributed by atoms with Crippen LogP contribution in [0.1, 0.15) is 0 Å². The van der Waals surface area contributed by atoms with E-state index in [1.54, 1.807) is 0 Å². The molecule has 0 saturated heterocycles. The monoisotopic (exact) mass is 763 g/mol. The zero-order chi connectivity index (χ0) is 40.9. The van der Waals surface area contributed by atoms with E-state index < -0.39 is 0 Å². The van der Waals surface area contributed by atoms with Gasteiger partial charge in [0.1, 0.15) is 50.4 Å². The van der Waals surface area contributed by atoms with Crippen molar-refractivity contribution in [2.75, 3.05) is 0 Å². The first kappa shape index (κ1) is 37.2. The van der Waals surface area contributed by atoms with Crippen LogP contribution in [0, 0.1) is 0 Å². The molecule has 0 radical (unpaired) electrons. The summed E-state index contributed by atoms with van der Waals surface area (Å²) in [6.45, 7) is 0. The number of benzene rings is 8. The van der Waals surface area contributed by atoms with Crippen LogP contribution in [0.25, 0.3) is 101 Å². The number of furan rings is 1. The van der Waals surface area contributed by atoms with E-state index in [1.807, 2.05) is 42.5 Å². The topological polar surface area (TPSA) is 51.8 Å². The van der Waals surface area contributed by atoms with Gasteiger partial charge < -0.3 is 4.42 Å². The first-order chi connectivity index (χ1) is 29.3.